The average Bonchev–Trinajstić information content (AvgIpc) is 3.01. The Balaban J connectivity index is 1.86. The molecule has 1 heterocycles. The Morgan fingerprint density at radius 2 is 2.09 bits per heavy atom. The Morgan fingerprint density at radius 3 is 2.78 bits per heavy atom. The normalized spacial score (nSPS) is 12.1. The van der Waals surface area contributed by atoms with Crippen LogP contribution < -0.4 is 5.32 Å². The molecule has 124 valence electrons. The molecule has 1 unspecified atom stereocenters. The first kappa shape index (κ1) is 17.9. The van der Waals surface area contributed by atoms with Gasteiger partial charge in [0.25, 0.3) is 5.22 Å². The van der Waals surface area contributed by atoms with Gasteiger partial charge in [0.05, 0.1) is 17.5 Å². The van der Waals surface area contributed by atoms with E-state index in [2.05, 4.69) is 22.4 Å². The fourth-order valence-corrected chi connectivity index (χ4v) is 3.09. The number of hydrogen-bond acceptors (Lipinski definition) is 6. The number of nitrogens with zero attached hydrogens (tertiary/aromatic N) is 2. The van der Waals surface area contributed by atoms with Crippen LogP contribution in [0.3, 0.4) is 0 Å². The molecule has 7 heteroatoms. The third-order valence-corrected chi connectivity index (χ3v) is 4.51. The topological polar surface area (TPSA) is 68.0 Å². The van der Waals surface area contributed by atoms with Gasteiger partial charge in [-0.1, -0.05) is 55.4 Å². The van der Waals surface area contributed by atoms with E-state index in [0.29, 0.717) is 16.9 Å². The zero-order chi connectivity index (χ0) is 16.5. The number of carbonyl (C=O) groups excluding carboxylic acids is 1. The minimum absolute atomic E-state index is 0.0260. The largest absolute Gasteiger partial charge is 0.415 e. The lowest BCUT2D eigenvalue weighted by atomic mass is 10.0. The molecule has 0 aliphatic carbocycles. The van der Waals surface area contributed by atoms with E-state index in [1.165, 1.54) is 11.8 Å². The number of amides is 1. The number of nitrogens with one attached hydrogen (secondary N) is 1. The number of thioether (sulfide) groups is 2. The lowest BCUT2D eigenvalue weighted by molar-refractivity contribution is -0.119. The monoisotopic (exact) mass is 351 g/mol. The smallest absolute Gasteiger partial charge is 0.277 e. The van der Waals surface area contributed by atoms with Crippen LogP contribution in [0.15, 0.2) is 40.0 Å². The maximum Gasteiger partial charge on any atom is 0.277 e. The fourth-order valence-electron chi connectivity index (χ4n) is 2.14. The molecule has 1 atom stereocenters. The van der Waals surface area contributed by atoms with E-state index in [0.717, 1.165) is 18.4 Å². The number of hydrogen-bond donors (Lipinski definition) is 1. The van der Waals surface area contributed by atoms with E-state index in [4.69, 9.17) is 4.42 Å². The van der Waals surface area contributed by atoms with Crippen LogP contribution in [0, 0.1) is 0 Å². The van der Waals surface area contributed by atoms with Gasteiger partial charge in [-0.15, -0.1) is 10.2 Å². The van der Waals surface area contributed by atoms with E-state index in [-0.39, 0.29) is 17.7 Å². The molecule has 1 N–H and O–H groups in total. The van der Waals surface area contributed by atoms with Crippen molar-refractivity contribution >= 4 is 29.4 Å². The zero-order valence-corrected chi connectivity index (χ0v) is 15.0. The molecule has 2 aromatic rings. The molecule has 0 saturated carbocycles. The SMILES string of the molecule is CCCC(NC(=O)CSc1nnc(CSC)o1)c1ccccc1. The van der Waals surface area contributed by atoms with Crippen molar-refractivity contribution in [2.75, 3.05) is 12.0 Å². The van der Waals surface area contributed by atoms with Gasteiger partial charge in [0.1, 0.15) is 0 Å². The fraction of sp³-hybridized carbons (Fsp3) is 0.438. The van der Waals surface area contributed by atoms with Crippen LogP contribution >= 0.6 is 23.5 Å². The molecule has 0 fully saturated rings. The molecule has 1 aromatic carbocycles. The lowest BCUT2D eigenvalue weighted by Crippen LogP contribution is -2.29. The van der Waals surface area contributed by atoms with Gasteiger partial charge in [-0.25, -0.2) is 0 Å². The number of carbonyl (C=O) groups is 1. The van der Waals surface area contributed by atoms with Gasteiger partial charge < -0.3 is 9.73 Å². The van der Waals surface area contributed by atoms with Crippen LogP contribution in [0.2, 0.25) is 0 Å². The van der Waals surface area contributed by atoms with Crippen molar-refractivity contribution < 1.29 is 9.21 Å². The van der Waals surface area contributed by atoms with Gasteiger partial charge in [0.2, 0.25) is 11.8 Å². The highest BCUT2D eigenvalue weighted by Crippen LogP contribution is 2.20. The van der Waals surface area contributed by atoms with Crippen molar-refractivity contribution in [3.63, 3.8) is 0 Å². The van der Waals surface area contributed by atoms with E-state index in [1.807, 2.05) is 36.6 Å². The van der Waals surface area contributed by atoms with E-state index in [9.17, 15) is 4.79 Å². The molecule has 1 aromatic heterocycles. The molecule has 0 aliphatic rings. The van der Waals surface area contributed by atoms with Crippen LogP contribution in [0.5, 0.6) is 0 Å². The first-order valence-corrected chi connectivity index (χ1v) is 9.89. The Labute approximate surface area is 145 Å². The average molecular weight is 351 g/mol. The van der Waals surface area contributed by atoms with Crippen molar-refractivity contribution in [2.45, 2.75) is 36.8 Å². The first-order chi connectivity index (χ1) is 11.2. The van der Waals surface area contributed by atoms with Crippen molar-refractivity contribution in [2.24, 2.45) is 0 Å². The van der Waals surface area contributed by atoms with Gasteiger partial charge in [-0.05, 0) is 18.2 Å². The van der Waals surface area contributed by atoms with Crippen LogP contribution in [-0.2, 0) is 10.5 Å². The maximum atomic E-state index is 12.2. The Hall–Kier alpha value is -1.47. The van der Waals surface area contributed by atoms with Crippen molar-refractivity contribution in [3.05, 3.63) is 41.8 Å². The summed E-state index contributed by atoms with van der Waals surface area (Å²) in [5.74, 6) is 1.52. The van der Waals surface area contributed by atoms with Crippen LogP contribution in [0.25, 0.3) is 0 Å². The number of benzene rings is 1. The maximum absolute atomic E-state index is 12.2. The van der Waals surface area contributed by atoms with Crippen molar-refractivity contribution in [1.82, 2.24) is 15.5 Å². The van der Waals surface area contributed by atoms with Crippen LogP contribution in [-0.4, -0.2) is 28.1 Å². The minimum atomic E-state index is -0.0260. The van der Waals surface area contributed by atoms with Crippen molar-refractivity contribution in [3.8, 4) is 0 Å². The molecule has 23 heavy (non-hydrogen) atoms. The highest BCUT2D eigenvalue weighted by molar-refractivity contribution is 7.99. The van der Waals surface area contributed by atoms with Gasteiger partial charge in [-0.3, -0.25) is 4.79 Å². The molecule has 0 saturated heterocycles. The highest BCUT2D eigenvalue weighted by atomic mass is 32.2. The molecule has 0 spiro atoms. The summed E-state index contributed by atoms with van der Waals surface area (Å²) in [4.78, 5) is 12.2. The summed E-state index contributed by atoms with van der Waals surface area (Å²) in [7, 11) is 0. The summed E-state index contributed by atoms with van der Waals surface area (Å²) >= 11 is 2.89. The Kier molecular flexibility index (Phi) is 7.48. The number of rotatable bonds is 9. The third-order valence-electron chi connectivity index (χ3n) is 3.16. The molecule has 0 radical (unpaired) electrons. The Morgan fingerprint density at radius 1 is 1.30 bits per heavy atom. The van der Waals surface area contributed by atoms with E-state index < -0.39 is 0 Å². The summed E-state index contributed by atoms with van der Waals surface area (Å²) in [5.41, 5.74) is 1.13. The number of aromatic nitrogens is 2. The Bertz CT molecular complexity index is 604. The minimum Gasteiger partial charge on any atom is -0.415 e. The quantitative estimate of drug-likeness (QED) is 0.695. The standard InChI is InChI=1S/C16H21N3O2S2/c1-3-7-13(12-8-5-4-6-9-12)17-14(20)10-23-16-19-18-15(21-16)11-22-2/h4-6,8-9,13H,3,7,10-11H2,1-2H3,(H,17,20). The van der Waals surface area contributed by atoms with Crippen molar-refractivity contribution in [1.29, 1.82) is 0 Å². The molecule has 0 aliphatic heterocycles. The second-order valence-electron chi connectivity index (χ2n) is 5.00. The highest BCUT2D eigenvalue weighted by Gasteiger charge is 2.15. The summed E-state index contributed by atoms with van der Waals surface area (Å²) in [6, 6.07) is 10.1. The van der Waals surface area contributed by atoms with Crippen LogP contribution in [0.1, 0.15) is 37.3 Å². The third kappa shape index (κ3) is 5.91. The molecule has 0 bridgehead atoms. The van der Waals surface area contributed by atoms with E-state index >= 15 is 0 Å². The van der Waals surface area contributed by atoms with E-state index in [1.54, 1.807) is 11.8 Å². The van der Waals surface area contributed by atoms with Gasteiger partial charge in [-0.2, -0.15) is 11.8 Å². The second kappa shape index (κ2) is 9.62. The predicted molar refractivity (Wildman–Crippen MR) is 94.5 cm³/mol. The molecule has 1 amide bonds. The predicted octanol–water partition coefficient (Wildman–Crippen LogP) is 3.68. The molecular weight excluding hydrogens is 330 g/mol. The summed E-state index contributed by atoms with van der Waals surface area (Å²) in [5, 5.41) is 11.4. The van der Waals surface area contributed by atoms with Gasteiger partial charge in [0, 0.05) is 0 Å². The van der Waals surface area contributed by atoms with Gasteiger partial charge >= 0.3 is 0 Å². The molecule has 5 nitrogen and oxygen atoms in total. The van der Waals surface area contributed by atoms with Gasteiger partial charge in [0.15, 0.2) is 0 Å². The molecule has 2 rings (SSSR count). The summed E-state index contributed by atoms with van der Waals surface area (Å²) < 4.78 is 5.45. The summed E-state index contributed by atoms with van der Waals surface area (Å²) in [6.45, 7) is 2.11. The second-order valence-corrected chi connectivity index (χ2v) is 6.80. The first-order valence-electron chi connectivity index (χ1n) is 7.51. The van der Waals surface area contributed by atoms with Crippen LogP contribution in [0.4, 0.5) is 0 Å². The summed E-state index contributed by atoms with van der Waals surface area (Å²) in [6.07, 6.45) is 3.90. The zero-order valence-electron chi connectivity index (χ0n) is 13.3. The lowest BCUT2D eigenvalue weighted by Gasteiger charge is -2.18. The molecular formula is C16H21N3O2S2.